The molecule has 0 atom stereocenters. The van der Waals surface area contributed by atoms with Gasteiger partial charge in [-0.1, -0.05) is 35.4 Å². The summed E-state index contributed by atoms with van der Waals surface area (Å²) in [5, 5.41) is 8.50. The number of hydrogen-bond donors (Lipinski definition) is 0. The highest BCUT2D eigenvalue weighted by molar-refractivity contribution is 6.25. The highest BCUT2D eigenvalue weighted by atomic mass is 35.5. The Balaban J connectivity index is 3.69. The summed E-state index contributed by atoms with van der Waals surface area (Å²) in [6.07, 6.45) is 5.36. The van der Waals surface area contributed by atoms with Crippen molar-refractivity contribution >= 4 is 23.2 Å². The van der Waals surface area contributed by atoms with Crippen molar-refractivity contribution in [2.24, 2.45) is 0 Å². The molecule has 0 N–H and O–H groups in total. The third kappa shape index (κ3) is 5.78. The van der Waals surface area contributed by atoms with Gasteiger partial charge in [-0.25, -0.2) is 0 Å². The smallest absolute Gasteiger partial charge is 0.179 e. The minimum Gasteiger partial charge on any atom is -0.303 e. The highest BCUT2D eigenvalue weighted by Gasteiger charge is 1.93. The van der Waals surface area contributed by atoms with Crippen molar-refractivity contribution < 1.29 is 0 Å². The van der Waals surface area contributed by atoms with Crippen molar-refractivity contribution in [2.75, 3.05) is 13.1 Å². The van der Waals surface area contributed by atoms with E-state index >= 15 is 0 Å². The second-order valence-electron chi connectivity index (χ2n) is 1.73. The fraction of sp³-hybridized carbons (Fsp3) is 0.286. The molecule has 0 aliphatic carbocycles. The van der Waals surface area contributed by atoms with Gasteiger partial charge in [-0.3, -0.25) is 0 Å². The van der Waals surface area contributed by atoms with Crippen LogP contribution in [0.4, 0.5) is 0 Å². The molecule has 0 rings (SSSR count). The van der Waals surface area contributed by atoms with E-state index in [1.807, 2.05) is 6.19 Å². The van der Waals surface area contributed by atoms with Gasteiger partial charge in [0.1, 0.15) is 0 Å². The minimum absolute atomic E-state index is 0.515. The van der Waals surface area contributed by atoms with E-state index in [-0.39, 0.29) is 0 Å². The number of hydrogen-bond acceptors (Lipinski definition) is 2. The second-order valence-corrected chi connectivity index (χ2v) is 2.23. The van der Waals surface area contributed by atoms with Gasteiger partial charge in [0.2, 0.25) is 0 Å². The van der Waals surface area contributed by atoms with Crippen LogP contribution in [0.3, 0.4) is 0 Å². The van der Waals surface area contributed by atoms with Crippen molar-refractivity contribution in [3.05, 3.63) is 23.2 Å². The van der Waals surface area contributed by atoms with Crippen LogP contribution in [0.15, 0.2) is 23.2 Å². The molecule has 0 aromatic rings. The maximum Gasteiger partial charge on any atom is 0.179 e. The van der Waals surface area contributed by atoms with E-state index in [0.29, 0.717) is 13.1 Å². The lowest BCUT2D eigenvalue weighted by Gasteiger charge is -2.08. The van der Waals surface area contributed by atoms with E-state index in [0.717, 1.165) is 0 Å². The Morgan fingerprint density at radius 3 is 1.91 bits per heavy atom. The SMILES string of the molecule is N#CN(CC=CCl)CC=CCl. The van der Waals surface area contributed by atoms with Crippen LogP contribution < -0.4 is 0 Å². The molecule has 2 nitrogen and oxygen atoms in total. The predicted octanol–water partition coefficient (Wildman–Crippen LogP) is 2.27. The minimum atomic E-state index is 0.515. The van der Waals surface area contributed by atoms with Gasteiger partial charge in [0, 0.05) is 24.2 Å². The van der Waals surface area contributed by atoms with Gasteiger partial charge in [-0.2, -0.15) is 5.26 Å². The summed E-state index contributed by atoms with van der Waals surface area (Å²) < 4.78 is 0. The second kappa shape index (κ2) is 7.46. The monoisotopic (exact) mass is 190 g/mol. The van der Waals surface area contributed by atoms with E-state index in [1.54, 1.807) is 12.2 Å². The van der Waals surface area contributed by atoms with Crippen LogP contribution in [-0.4, -0.2) is 18.0 Å². The molecule has 0 unspecified atom stereocenters. The Hall–Kier alpha value is -0.650. The van der Waals surface area contributed by atoms with Crippen molar-refractivity contribution in [3.8, 4) is 6.19 Å². The predicted molar refractivity (Wildman–Crippen MR) is 47.2 cm³/mol. The van der Waals surface area contributed by atoms with Crippen molar-refractivity contribution in [1.29, 1.82) is 5.26 Å². The van der Waals surface area contributed by atoms with Crippen LogP contribution in [0.1, 0.15) is 0 Å². The Morgan fingerprint density at radius 2 is 1.64 bits per heavy atom. The number of nitrogens with zero attached hydrogens (tertiary/aromatic N) is 2. The van der Waals surface area contributed by atoms with Gasteiger partial charge in [-0.15, -0.1) is 0 Å². The molecule has 0 saturated heterocycles. The van der Waals surface area contributed by atoms with Crippen molar-refractivity contribution in [1.82, 2.24) is 4.90 Å². The zero-order valence-corrected chi connectivity index (χ0v) is 7.39. The van der Waals surface area contributed by atoms with Gasteiger partial charge < -0.3 is 4.90 Å². The van der Waals surface area contributed by atoms with Gasteiger partial charge in [0.25, 0.3) is 0 Å². The normalized spacial score (nSPS) is 10.6. The largest absolute Gasteiger partial charge is 0.303 e. The molecule has 0 amide bonds. The summed E-state index contributed by atoms with van der Waals surface area (Å²) in [5.74, 6) is 0. The van der Waals surface area contributed by atoms with Crippen LogP contribution in [0.5, 0.6) is 0 Å². The standard InChI is InChI=1S/C7H8Cl2N2/c8-3-1-5-11(7-10)6-2-4-9/h1-4H,5-6H2. The Morgan fingerprint density at radius 1 is 1.18 bits per heavy atom. The lowest BCUT2D eigenvalue weighted by molar-refractivity contribution is 0.481. The van der Waals surface area contributed by atoms with Crippen molar-refractivity contribution in [3.63, 3.8) is 0 Å². The summed E-state index contributed by atoms with van der Waals surface area (Å²) in [6, 6.07) is 0. The summed E-state index contributed by atoms with van der Waals surface area (Å²) in [5.41, 5.74) is 2.77. The number of nitriles is 1. The molecule has 11 heavy (non-hydrogen) atoms. The lowest BCUT2D eigenvalue weighted by Crippen LogP contribution is -2.17. The third-order valence-corrected chi connectivity index (χ3v) is 1.33. The fourth-order valence-electron chi connectivity index (χ4n) is 0.490. The Bertz CT molecular complexity index is 167. The molecule has 4 heteroatoms. The van der Waals surface area contributed by atoms with E-state index in [2.05, 4.69) is 0 Å². The van der Waals surface area contributed by atoms with Crippen LogP contribution in [0, 0.1) is 11.5 Å². The van der Waals surface area contributed by atoms with E-state index in [1.165, 1.54) is 16.0 Å². The number of rotatable bonds is 4. The van der Waals surface area contributed by atoms with E-state index in [4.69, 9.17) is 28.5 Å². The number of halogens is 2. The molecule has 0 aliphatic rings. The van der Waals surface area contributed by atoms with Gasteiger partial charge in [0.15, 0.2) is 6.19 Å². The summed E-state index contributed by atoms with van der Waals surface area (Å²) >= 11 is 10.6. The molecule has 60 valence electrons. The Labute approximate surface area is 76.3 Å². The van der Waals surface area contributed by atoms with Crippen LogP contribution in [0.2, 0.25) is 0 Å². The van der Waals surface area contributed by atoms with Gasteiger partial charge >= 0.3 is 0 Å². The molecule has 0 aliphatic heterocycles. The van der Waals surface area contributed by atoms with Gasteiger partial charge in [0.05, 0.1) is 0 Å². The molecule has 0 spiro atoms. The molecule has 0 radical (unpaired) electrons. The average molecular weight is 191 g/mol. The summed E-state index contributed by atoms with van der Waals surface area (Å²) in [4.78, 5) is 1.51. The summed E-state index contributed by atoms with van der Waals surface area (Å²) in [7, 11) is 0. The molecule has 0 aromatic carbocycles. The zero-order valence-electron chi connectivity index (χ0n) is 5.87. The van der Waals surface area contributed by atoms with Gasteiger partial charge in [-0.05, 0) is 0 Å². The third-order valence-electron chi connectivity index (χ3n) is 0.971. The molecular formula is C7H8Cl2N2. The first-order valence-electron chi connectivity index (χ1n) is 3.00. The first-order valence-corrected chi connectivity index (χ1v) is 3.87. The van der Waals surface area contributed by atoms with Crippen LogP contribution in [0.25, 0.3) is 0 Å². The van der Waals surface area contributed by atoms with E-state index in [9.17, 15) is 0 Å². The molecule has 0 heterocycles. The van der Waals surface area contributed by atoms with Crippen molar-refractivity contribution in [2.45, 2.75) is 0 Å². The molecule has 0 aromatic heterocycles. The maximum absolute atomic E-state index is 8.50. The maximum atomic E-state index is 8.50. The molecule has 0 fully saturated rings. The highest BCUT2D eigenvalue weighted by Crippen LogP contribution is 1.89. The first kappa shape index (κ1) is 10.3. The molecular weight excluding hydrogens is 183 g/mol. The van der Waals surface area contributed by atoms with Crippen LogP contribution in [-0.2, 0) is 0 Å². The lowest BCUT2D eigenvalue weighted by atomic mass is 10.5. The molecule has 0 saturated carbocycles. The average Bonchev–Trinajstić information content (AvgIpc) is 2.05. The fourth-order valence-corrected chi connectivity index (χ4v) is 0.650. The van der Waals surface area contributed by atoms with Crippen LogP contribution >= 0.6 is 23.2 Å². The summed E-state index contributed by atoms with van der Waals surface area (Å²) in [6.45, 7) is 1.03. The quantitative estimate of drug-likeness (QED) is 0.503. The van der Waals surface area contributed by atoms with E-state index < -0.39 is 0 Å². The Kier molecular flexibility index (Phi) is 7.02. The molecule has 0 bridgehead atoms. The first-order chi connectivity index (χ1) is 5.35. The topological polar surface area (TPSA) is 27.0 Å². The zero-order chi connectivity index (χ0) is 8.53.